The molecule has 20 heavy (non-hydrogen) atoms. The predicted octanol–water partition coefficient (Wildman–Crippen LogP) is 1.87. The number of carbonyl (C=O) groups excluding carboxylic acids is 1. The third-order valence-electron chi connectivity index (χ3n) is 2.54. The van der Waals surface area contributed by atoms with Gasteiger partial charge in [-0.25, -0.2) is 0 Å². The normalized spacial score (nSPS) is 10.3. The second-order valence-electron chi connectivity index (χ2n) is 4.02. The van der Waals surface area contributed by atoms with E-state index in [2.05, 4.69) is 15.5 Å². The first kappa shape index (κ1) is 14.5. The molecule has 2 rings (SSSR count). The van der Waals surface area contributed by atoms with Gasteiger partial charge in [0.15, 0.2) is 5.69 Å². The van der Waals surface area contributed by atoms with Crippen LogP contribution in [0.2, 0.25) is 0 Å². The maximum absolute atomic E-state index is 11.5. The lowest BCUT2D eigenvalue weighted by Gasteiger charge is -2.03. The summed E-state index contributed by atoms with van der Waals surface area (Å²) in [4.78, 5) is 12.5. The van der Waals surface area contributed by atoms with Gasteiger partial charge in [-0.05, 0) is 36.8 Å². The Morgan fingerprint density at radius 3 is 2.50 bits per heavy atom. The van der Waals surface area contributed by atoms with E-state index >= 15 is 0 Å². The highest BCUT2D eigenvalue weighted by atomic mass is 32.2. The van der Waals surface area contributed by atoms with Crippen LogP contribution in [-0.4, -0.2) is 27.8 Å². The molecule has 1 heterocycles. The van der Waals surface area contributed by atoms with Gasteiger partial charge in [0.25, 0.3) is 5.91 Å². The Morgan fingerprint density at radius 1 is 1.20 bits per heavy atom. The van der Waals surface area contributed by atoms with Crippen molar-refractivity contribution in [2.45, 2.75) is 23.5 Å². The summed E-state index contributed by atoms with van der Waals surface area (Å²) in [5.74, 6) is -0.219. The Morgan fingerprint density at radius 2 is 1.95 bits per heavy atom. The molecule has 6 heteroatoms. The number of rotatable bonds is 5. The smallest absolute Gasteiger partial charge is 0.271 e. The van der Waals surface area contributed by atoms with Crippen molar-refractivity contribution in [3.05, 3.63) is 47.7 Å². The van der Waals surface area contributed by atoms with Crippen LogP contribution in [0.25, 0.3) is 0 Å². The van der Waals surface area contributed by atoms with Crippen molar-refractivity contribution in [3.8, 4) is 0 Å². The lowest BCUT2D eigenvalue weighted by Crippen LogP contribution is -2.23. The van der Waals surface area contributed by atoms with Crippen molar-refractivity contribution in [1.29, 1.82) is 0 Å². The highest BCUT2D eigenvalue weighted by molar-refractivity contribution is 7.99. The first-order valence-corrected chi connectivity index (χ1v) is 7.04. The Balaban J connectivity index is 2.04. The topological polar surface area (TPSA) is 75.1 Å². The molecule has 2 aromatic rings. The number of nitrogens with one attached hydrogen (secondary N) is 1. The van der Waals surface area contributed by atoms with E-state index < -0.39 is 0 Å². The van der Waals surface area contributed by atoms with Gasteiger partial charge < -0.3 is 10.4 Å². The van der Waals surface area contributed by atoms with Crippen LogP contribution in [0.5, 0.6) is 0 Å². The molecule has 1 aromatic carbocycles. The number of aliphatic hydroxyl groups is 1. The number of aromatic nitrogens is 2. The number of carbonyl (C=O) groups is 1. The van der Waals surface area contributed by atoms with Crippen LogP contribution in [0.4, 0.5) is 0 Å². The van der Waals surface area contributed by atoms with Gasteiger partial charge in [-0.2, -0.15) is 0 Å². The Kier molecular flexibility index (Phi) is 5.09. The Bertz CT molecular complexity index is 570. The van der Waals surface area contributed by atoms with Crippen molar-refractivity contribution < 1.29 is 9.90 Å². The molecule has 0 saturated carbocycles. The summed E-state index contributed by atoms with van der Waals surface area (Å²) >= 11 is 1.45. The molecule has 104 valence electrons. The van der Waals surface area contributed by atoms with E-state index in [1.165, 1.54) is 11.8 Å². The average Bonchev–Trinajstić information content (AvgIpc) is 2.49. The fraction of sp³-hybridized carbons (Fsp3) is 0.214. The van der Waals surface area contributed by atoms with Gasteiger partial charge in [0.1, 0.15) is 5.03 Å². The molecule has 0 fully saturated rings. The summed E-state index contributed by atoms with van der Waals surface area (Å²) in [5, 5.41) is 20.3. The summed E-state index contributed by atoms with van der Waals surface area (Å²) < 4.78 is 0. The fourth-order valence-electron chi connectivity index (χ4n) is 1.53. The second kappa shape index (κ2) is 7.02. The van der Waals surface area contributed by atoms with Gasteiger partial charge in [0.2, 0.25) is 0 Å². The average molecular weight is 289 g/mol. The molecule has 0 atom stereocenters. The molecule has 2 N–H and O–H groups in total. The first-order valence-electron chi connectivity index (χ1n) is 6.22. The number of hydrogen-bond acceptors (Lipinski definition) is 5. The summed E-state index contributed by atoms with van der Waals surface area (Å²) in [6, 6.07) is 11.0. The van der Waals surface area contributed by atoms with Crippen molar-refractivity contribution in [2.24, 2.45) is 0 Å². The van der Waals surface area contributed by atoms with Crippen molar-refractivity contribution in [3.63, 3.8) is 0 Å². The zero-order valence-corrected chi connectivity index (χ0v) is 11.9. The lowest BCUT2D eigenvalue weighted by atomic mass is 10.2. The summed E-state index contributed by atoms with van der Waals surface area (Å²) in [6.45, 7) is 2.45. The van der Waals surface area contributed by atoms with Crippen LogP contribution in [0, 0.1) is 0 Å². The maximum atomic E-state index is 11.5. The van der Waals surface area contributed by atoms with E-state index in [1.807, 2.05) is 31.2 Å². The van der Waals surface area contributed by atoms with E-state index in [1.54, 1.807) is 12.1 Å². The monoisotopic (exact) mass is 289 g/mol. The number of hydrogen-bond donors (Lipinski definition) is 2. The van der Waals surface area contributed by atoms with Crippen molar-refractivity contribution in [2.75, 3.05) is 6.54 Å². The van der Waals surface area contributed by atoms with Crippen LogP contribution in [0.15, 0.2) is 46.3 Å². The van der Waals surface area contributed by atoms with E-state index in [-0.39, 0.29) is 12.5 Å². The van der Waals surface area contributed by atoms with Crippen LogP contribution in [0.3, 0.4) is 0 Å². The first-order chi connectivity index (χ1) is 9.72. The SMILES string of the molecule is CCNC(=O)c1ccc(Sc2ccc(CO)cc2)nn1. The minimum atomic E-state index is -0.219. The van der Waals surface area contributed by atoms with Gasteiger partial charge in [-0.1, -0.05) is 23.9 Å². The Labute approximate surface area is 121 Å². The molecule has 0 spiro atoms. The van der Waals surface area contributed by atoms with Crippen molar-refractivity contribution >= 4 is 17.7 Å². The van der Waals surface area contributed by atoms with Crippen LogP contribution < -0.4 is 5.32 Å². The quantitative estimate of drug-likeness (QED) is 0.879. The molecule has 5 nitrogen and oxygen atoms in total. The van der Waals surface area contributed by atoms with E-state index in [0.29, 0.717) is 12.2 Å². The van der Waals surface area contributed by atoms with Gasteiger partial charge in [0.05, 0.1) is 6.61 Å². The summed E-state index contributed by atoms with van der Waals surface area (Å²) in [5.41, 5.74) is 1.18. The Hall–Kier alpha value is -1.92. The summed E-state index contributed by atoms with van der Waals surface area (Å²) in [7, 11) is 0. The molecule has 0 radical (unpaired) electrons. The number of amides is 1. The maximum Gasteiger partial charge on any atom is 0.271 e. The zero-order chi connectivity index (χ0) is 14.4. The molecule has 0 aliphatic heterocycles. The molecule has 0 saturated heterocycles. The van der Waals surface area contributed by atoms with E-state index in [9.17, 15) is 4.79 Å². The van der Waals surface area contributed by atoms with Crippen LogP contribution in [0.1, 0.15) is 23.0 Å². The van der Waals surface area contributed by atoms with Gasteiger partial charge in [-0.15, -0.1) is 10.2 Å². The second-order valence-corrected chi connectivity index (χ2v) is 5.11. The molecule has 0 aliphatic rings. The zero-order valence-electron chi connectivity index (χ0n) is 11.0. The molecular weight excluding hydrogens is 274 g/mol. The largest absolute Gasteiger partial charge is 0.392 e. The van der Waals surface area contributed by atoms with Gasteiger partial charge in [-0.3, -0.25) is 4.79 Å². The molecule has 1 amide bonds. The highest BCUT2D eigenvalue weighted by Crippen LogP contribution is 2.25. The van der Waals surface area contributed by atoms with Crippen LogP contribution >= 0.6 is 11.8 Å². The molecule has 0 unspecified atom stereocenters. The standard InChI is InChI=1S/C14H15N3O2S/c1-2-15-14(19)12-7-8-13(17-16-12)20-11-5-3-10(9-18)4-6-11/h3-8,18H,2,9H2,1H3,(H,15,19). The molecule has 0 aliphatic carbocycles. The minimum Gasteiger partial charge on any atom is -0.392 e. The predicted molar refractivity (Wildman–Crippen MR) is 76.5 cm³/mol. The van der Waals surface area contributed by atoms with E-state index in [0.717, 1.165) is 15.5 Å². The molecule has 1 aromatic heterocycles. The number of nitrogens with zero attached hydrogens (tertiary/aromatic N) is 2. The number of aliphatic hydroxyl groups excluding tert-OH is 1. The van der Waals surface area contributed by atoms with Crippen LogP contribution in [-0.2, 0) is 6.61 Å². The van der Waals surface area contributed by atoms with E-state index in [4.69, 9.17) is 5.11 Å². The third kappa shape index (κ3) is 3.79. The minimum absolute atomic E-state index is 0.0337. The fourth-order valence-corrected chi connectivity index (χ4v) is 2.26. The molecule has 0 bridgehead atoms. The third-order valence-corrected chi connectivity index (χ3v) is 3.47. The molecular formula is C14H15N3O2S. The van der Waals surface area contributed by atoms with Crippen molar-refractivity contribution in [1.82, 2.24) is 15.5 Å². The van der Waals surface area contributed by atoms with Gasteiger partial charge in [0, 0.05) is 11.4 Å². The lowest BCUT2D eigenvalue weighted by molar-refractivity contribution is 0.0949. The van der Waals surface area contributed by atoms with Gasteiger partial charge >= 0.3 is 0 Å². The summed E-state index contributed by atoms with van der Waals surface area (Å²) in [6.07, 6.45) is 0. The number of benzene rings is 1. The highest BCUT2D eigenvalue weighted by Gasteiger charge is 2.07.